The summed E-state index contributed by atoms with van der Waals surface area (Å²) in [6.07, 6.45) is -7.75. The predicted octanol–water partition coefficient (Wildman–Crippen LogP) is 5.93. The van der Waals surface area contributed by atoms with Crippen molar-refractivity contribution in [2.24, 2.45) is 0 Å². The molecule has 1 aromatic rings. The smallest absolute Gasteiger partial charge is 0.304 e. The van der Waals surface area contributed by atoms with Crippen LogP contribution in [-0.4, -0.2) is 59.6 Å². The lowest BCUT2D eigenvalue weighted by molar-refractivity contribution is -0.449. The van der Waals surface area contributed by atoms with Gasteiger partial charge in [0.15, 0.2) is 0 Å². The van der Waals surface area contributed by atoms with Crippen LogP contribution in [0, 0.1) is 10.1 Å². The molecule has 1 rings (SSSR count). The number of anilines is 1. The van der Waals surface area contributed by atoms with Crippen LogP contribution < -0.4 is 4.90 Å². The maximum atomic E-state index is 14.0. The molecule has 0 bridgehead atoms. The first-order valence-electron chi connectivity index (χ1n) is 8.10. The van der Waals surface area contributed by atoms with Crippen molar-refractivity contribution in [3.8, 4) is 0 Å². The Hall–Kier alpha value is -2.96. The highest BCUT2D eigenvalue weighted by Gasteiger charge is 2.94. The maximum Gasteiger partial charge on any atom is 0.460 e. The third-order valence-electron chi connectivity index (χ3n) is 4.34. The van der Waals surface area contributed by atoms with Crippen molar-refractivity contribution in [2.75, 3.05) is 11.9 Å². The van der Waals surface area contributed by atoms with Gasteiger partial charge in [-0.2, -0.15) is 65.9 Å². The van der Waals surface area contributed by atoms with E-state index in [1.807, 2.05) is 0 Å². The third kappa shape index (κ3) is 4.09. The molecular weight excluding hydrogens is 541 g/mol. The van der Waals surface area contributed by atoms with E-state index in [1.165, 1.54) is 0 Å². The van der Waals surface area contributed by atoms with E-state index in [-0.39, 0.29) is 7.05 Å². The van der Waals surface area contributed by atoms with E-state index >= 15 is 0 Å². The molecule has 0 saturated carbocycles. The van der Waals surface area contributed by atoms with Crippen molar-refractivity contribution >= 4 is 17.3 Å². The Morgan fingerprint density at radius 2 is 1.09 bits per heavy atom. The van der Waals surface area contributed by atoms with Crippen molar-refractivity contribution in [2.45, 2.75) is 41.7 Å². The van der Waals surface area contributed by atoms with E-state index in [4.69, 9.17) is 0 Å². The number of para-hydroxylation sites is 2. The number of nitro groups is 1. The molecule has 0 aliphatic carbocycles. The second kappa shape index (κ2) is 8.32. The Balaban J connectivity index is 3.65. The first kappa shape index (κ1) is 30.1. The molecule has 1 aromatic carbocycles. The summed E-state index contributed by atoms with van der Waals surface area (Å²) < 4.78 is 198. The molecule has 0 radical (unpaired) electrons. The molecule has 20 heteroatoms. The fourth-order valence-corrected chi connectivity index (χ4v) is 2.32. The van der Waals surface area contributed by atoms with Gasteiger partial charge in [0.2, 0.25) is 0 Å². The minimum Gasteiger partial charge on any atom is -0.304 e. The molecule has 200 valence electrons. The number of alkyl halides is 15. The average molecular weight is 548 g/mol. The Morgan fingerprint density at radius 1 is 0.714 bits per heavy atom. The summed E-state index contributed by atoms with van der Waals surface area (Å²) in [5, 5.41) is 10.8. The Labute approximate surface area is 182 Å². The molecule has 0 aliphatic rings. The van der Waals surface area contributed by atoms with E-state index in [0.29, 0.717) is 12.1 Å². The van der Waals surface area contributed by atoms with Crippen molar-refractivity contribution in [3.63, 3.8) is 0 Å². The van der Waals surface area contributed by atoms with Crippen LogP contribution in [0.1, 0.15) is 0 Å². The van der Waals surface area contributed by atoms with Gasteiger partial charge in [-0.1, -0.05) is 12.1 Å². The Morgan fingerprint density at radius 3 is 1.49 bits per heavy atom. The van der Waals surface area contributed by atoms with Gasteiger partial charge in [-0.25, -0.2) is 0 Å². The van der Waals surface area contributed by atoms with E-state index < -0.39 is 68.8 Å². The molecule has 5 nitrogen and oxygen atoms in total. The molecule has 0 spiro atoms. The van der Waals surface area contributed by atoms with E-state index in [9.17, 15) is 80.8 Å². The van der Waals surface area contributed by atoms with Crippen LogP contribution in [0.2, 0.25) is 0 Å². The van der Waals surface area contributed by atoms with Crippen molar-refractivity contribution in [3.05, 3.63) is 34.4 Å². The molecule has 0 aromatic heterocycles. The first-order chi connectivity index (χ1) is 15.2. The van der Waals surface area contributed by atoms with Crippen molar-refractivity contribution in [1.29, 1.82) is 0 Å². The second-order valence-electron chi connectivity index (χ2n) is 6.55. The molecule has 0 heterocycles. The fourth-order valence-electron chi connectivity index (χ4n) is 2.32. The van der Waals surface area contributed by atoms with Crippen molar-refractivity contribution in [1.82, 2.24) is 0 Å². The van der Waals surface area contributed by atoms with Gasteiger partial charge in [0.1, 0.15) is 5.69 Å². The minimum atomic E-state index is -8.55. The first-order valence-corrected chi connectivity index (χ1v) is 8.10. The molecule has 0 N–H and O–H groups in total. The quantitative estimate of drug-likeness (QED) is 0.230. The number of hydrogen-bond donors (Lipinski definition) is 0. The molecule has 0 aliphatic heterocycles. The SMILES string of the molecule is CN(C(=O)C(F)(F)C(F)(F)C(F)(F)C(F)(F)C(F)(F)C(F)(F)C(F)(F)F)c1ccccc1[N+](=O)[O-]. The summed E-state index contributed by atoms with van der Waals surface area (Å²) >= 11 is 0. The van der Waals surface area contributed by atoms with Gasteiger partial charge < -0.3 is 4.90 Å². The van der Waals surface area contributed by atoms with E-state index in [1.54, 1.807) is 0 Å². The second-order valence-corrected chi connectivity index (χ2v) is 6.55. The van der Waals surface area contributed by atoms with Crippen LogP contribution in [0.15, 0.2) is 24.3 Å². The fraction of sp³-hybridized carbons (Fsp3) is 0.533. The minimum absolute atomic E-state index is 0.0165. The maximum absolute atomic E-state index is 14.0. The van der Waals surface area contributed by atoms with Gasteiger partial charge in [0, 0.05) is 13.1 Å². The zero-order valence-corrected chi connectivity index (χ0v) is 16.1. The molecule has 0 atom stereocenters. The number of hydrogen-bond acceptors (Lipinski definition) is 3. The average Bonchev–Trinajstić information content (AvgIpc) is 2.70. The van der Waals surface area contributed by atoms with Crippen LogP contribution in [0.3, 0.4) is 0 Å². The monoisotopic (exact) mass is 548 g/mol. The summed E-state index contributed by atoms with van der Waals surface area (Å²) in [6, 6.07) is 2.40. The Bertz CT molecular complexity index is 990. The zero-order chi connectivity index (χ0) is 28.2. The molecule has 0 unspecified atom stereocenters. The number of halogens is 15. The summed E-state index contributed by atoms with van der Waals surface area (Å²) in [4.78, 5) is 20.3. The van der Waals surface area contributed by atoms with Crippen LogP contribution in [0.4, 0.5) is 77.2 Å². The molecule has 35 heavy (non-hydrogen) atoms. The number of benzene rings is 1. The van der Waals surface area contributed by atoms with Gasteiger partial charge in [-0.15, -0.1) is 0 Å². The van der Waals surface area contributed by atoms with Gasteiger partial charge in [0.05, 0.1) is 4.92 Å². The van der Waals surface area contributed by atoms with Gasteiger partial charge in [-0.05, 0) is 6.07 Å². The number of nitro benzene ring substituents is 1. The molecular formula is C15H7F15N2O3. The highest BCUT2D eigenvalue weighted by atomic mass is 19.4. The van der Waals surface area contributed by atoms with Crippen LogP contribution in [0.25, 0.3) is 0 Å². The molecule has 0 saturated heterocycles. The summed E-state index contributed by atoms with van der Waals surface area (Å²) in [5.74, 6) is -52.6. The standard InChI is InChI=1S/C15H7F15N2O3/c1-31(6-4-2-3-5-7(6)32(34)35)8(33)9(16,17)10(18,19)11(20,21)12(22,23)13(24,25)14(26,27)15(28,29)30/h2-5H,1H3. The molecule has 0 fully saturated rings. The van der Waals surface area contributed by atoms with Crippen LogP contribution >= 0.6 is 0 Å². The Kier molecular flexibility index (Phi) is 7.14. The van der Waals surface area contributed by atoms with E-state index in [0.717, 1.165) is 12.1 Å². The number of rotatable bonds is 8. The largest absolute Gasteiger partial charge is 0.460 e. The van der Waals surface area contributed by atoms with Crippen molar-refractivity contribution < 1.29 is 75.6 Å². The summed E-state index contributed by atoms with van der Waals surface area (Å²) in [5.41, 5.74) is -2.67. The van der Waals surface area contributed by atoms with E-state index in [2.05, 4.69) is 0 Å². The third-order valence-corrected chi connectivity index (χ3v) is 4.34. The normalized spacial score (nSPS) is 14.6. The van der Waals surface area contributed by atoms with Crippen LogP contribution in [-0.2, 0) is 4.79 Å². The number of amides is 1. The summed E-state index contributed by atoms with van der Waals surface area (Å²) in [7, 11) is -0.0165. The number of nitrogens with zero attached hydrogens (tertiary/aromatic N) is 2. The predicted molar refractivity (Wildman–Crippen MR) is 82.2 cm³/mol. The highest BCUT2D eigenvalue weighted by Crippen LogP contribution is 2.62. The lowest BCUT2D eigenvalue weighted by Crippen LogP contribution is -2.74. The van der Waals surface area contributed by atoms with Gasteiger partial charge in [0.25, 0.3) is 5.69 Å². The zero-order valence-electron chi connectivity index (χ0n) is 16.1. The molecule has 1 amide bonds. The van der Waals surface area contributed by atoms with Crippen LogP contribution in [0.5, 0.6) is 0 Å². The topological polar surface area (TPSA) is 63.5 Å². The summed E-state index contributed by atoms with van der Waals surface area (Å²) in [6.45, 7) is 0. The highest BCUT2D eigenvalue weighted by molar-refractivity contribution is 6.00. The lowest BCUT2D eigenvalue weighted by Gasteiger charge is -2.41. The van der Waals surface area contributed by atoms with Gasteiger partial charge >= 0.3 is 47.6 Å². The lowest BCUT2D eigenvalue weighted by atomic mass is 9.90. The number of carbonyl (C=O) groups excluding carboxylic acids is 1. The number of carbonyl (C=O) groups is 1. The van der Waals surface area contributed by atoms with Gasteiger partial charge in [-0.3, -0.25) is 14.9 Å².